The quantitative estimate of drug-likeness (QED) is 0.861. The Balaban J connectivity index is 2.19. The van der Waals surface area contributed by atoms with E-state index in [4.69, 9.17) is 5.11 Å². The van der Waals surface area contributed by atoms with Crippen LogP contribution in [0.3, 0.4) is 0 Å². The average Bonchev–Trinajstić information content (AvgIpc) is 2.79. The first-order valence-electron chi connectivity index (χ1n) is 6.15. The lowest BCUT2D eigenvalue weighted by Crippen LogP contribution is -2.47. The molecule has 4 nitrogen and oxygen atoms in total. The molecule has 0 aliphatic carbocycles. The van der Waals surface area contributed by atoms with Crippen LogP contribution in [0.2, 0.25) is 0 Å². The second-order valence-electron chi connectivity index (χ2n) is 5.12. The summed E-state index contributed by atoms with van der Waals surface area (Å²) in [5.41, 5.74) is -2.28. The molecule has 1 heterocycles. The van der Waals surface area contributed by atoms with Crippen molar-refractivity contribution < 1.29 is 28.2 Å². The van der Waals surface area contributed by atoms with E-state index in [0.29, 0.717) is 10.0 Å². The van der Waals surface area contributed by atoms with Gasteiger partial charge >= 0.3 is 12.1 Å². The van der Waals surface area contributed by atoms with Crippen LogP contribution in [-0.2, 0) is 11.3 Å². The third-order valence-electron chi connectivity index (χ3n) is 3.74. The average molecular weight is 368 g/mol. The van der Waals surface area contributed by atoms with E-state index in [0.717, 1.165) is 0 Å². The van der Waals surface area contributed by atoms with Crippen LogP contribution in [-0.4, -0.2) is 40.3 Å². The molecule has 0 saturated carbocycles. The minimum atomic E-state index is -4.80. The van der Waals surface area contributed by atoms with Crippen LogP contribution in [0.5, 0.6) is 5.75 Å². The number of aliphatic carboxylic acids is 1. The summed E-state index contributed by atoms with van der Waals surface area (Å²) in [6.45, 7) is -0.536. The third-order valence-corrected chi connectivity index (χ3v) is 4.23. The highest BCUT2D eigenvalue weighted by Crippen LogP contribution is 2.46. The molecule has 2 rings (SSSR count). The summed E-state index contributed by atoms with van der Waals surface area (Å²) in [5.74, 6) is -1.88. The number of phenols is 1. The normalized spacial score (nSPS) is 23.4. The molecule has 2 N–H and O–H groups in total. The Morgan fingerprint density at radius 1 is 1.43 bits per heavy atom. The zero-order valence-electron chi connectivity index (χ0n) is 10.8. The van der Waals surface area contributed by atoms with Gasteiger partial charge in [0.1, 0.15) is 5.75 Å². The molecule has 1 aromatic rings. The molecule has 0 bridgehead atoms. The number of alkyl halides is 3. The van der Waals surface area contributed by atoms with Crippen molar-refractivity contribution in [3.63, 3.8) is 0 Å². The summed E-state index contributed by atoms with van der Waals surface area (Å²) < 4.78 is 39.9. The fourth-order valence-corrected chi connectivity index (χ4v) is 2.88. The first-order valence-corrected chi connectivity index (χ1v) is 6.95. The summed E-state index contributed by atoms with van der Waals surface area (Å²) >= 11 is 3.22. The molecule has 1 unspecified atom stereocenters. The number of carbonyl (C=O) groups is 1. The Bertz CT molecular complexity index is 564. The van der Waals surface area contributed by atoms with Crippen molar-refractivity contribution in [2.24, 2.45) is 5.41 Å². The van der Waals surface area contributed by atoms with E-state index in [2.05, 4.69) is 15.9 Å². The van der Waals surface area contributed by atoms with Crippen molar-refractivity contribution in [2.75, 3.05) is 13.1 Å². The molecule has 1 atom stereocenters. The van der Waals surface area contributed by atoms with Gasteiger partial charge in [0, 0.05) is 29.7 Å². The summed E-state index contributed by atoms with van der Waals surface area (Å²) in [4.78, 5) is 12.5. The zero-order chi connectivity index (χ0) is 15.8. The lowest BCUT2D eigenvalue weighted by Gasteiger charge is -2.27. The van der Waals surface area contributed by atoms with Crippen molar-refractivity contribution >= 4 is 21.9 Å². The van der Waals surface area contributed by atoms with E-state index in [9.17, 15) is 23.1 Å². The van der Waals surface area contributed by atoms with Gasteiger partial charge in [-0.25, -0.2) is 0 Å². The van der Waals surface area contributed by atoms with Crippen molar-refractivity contribution in [3.05, 3.63) is 28.2 Å². The van der Waals surface area contributed by atoms with E-state index in [-0.39, 0.29) is 18.8 Å². The van der Waals surface area contributed by atoms with Crippen molar-refractivity contribution in [2.45, 2.75) is 19.1 Å². The Hall–Kier alpha value is -1.28. The highest BCUT2D eigenvalue weighted by molar-refractivity contribution is 9.10. The highest BCUT2D eigenvalue weighted by atomic mass is 79.9. The lowest BCUT2D eigenvalue weighted by molar-refractivity contribution is -0.227. The number of carboxylic acids is 1. The first-order chi connectivity index (χ1) is 9.65. The smallest absolute Gasteiger partial charge is 0.406 e. The molecule has 8 heteroatoms. The highest BCUT2D eigenvalue weighted by Gasteiger charge is 2.63. The Kier molecular flexibility index (Phi) is 4.21. The maximum Gasteiger partial charge on any atom is 0.406 e. The monoisotopic (exact) mass is 367 g/mol. The molecule has 0 amide bonds. The van der Waals surface area contributed by atoms with Gasteiger partial charge in [-0.15, -0.1) is 0 Å². The van der Waals surface area contributed by atoms with Gasteiger partial charge in [0.25, 0.3) is 0 Å². The van der Waals surface area contributed by atoms with E-state index in [1.807, 2.05) is 0 Å². The number of benzene rings is 1. The Morgan fingerprint density at radius 3 is 2.62 bits per heavy atom. The second kappa shape index (κ2) is 5.49. The van der Waals surface area contributed by atoms with Gasteiger partial charge in [0.05, 0.1) is 0 Å². The van der Waals surface area contributed by atoms with Crippen molar-refractivity contribution in [1.82, 2.24) is 4.90 Å². The number of hydrogen-bond acceptors (Lipinski definition) is 3. The fraction of sp³-hybridized carbons (Fsp3) is 0.462. The number of rotatable bonds is 3. The molecule has 1 aromatic carbocycles. The zero-order valence-corrected chi connectivity index (χ0v) is 12.4. The predicted molar refractivity (Wildman–Crippen MR) is 71.8 cm³/mol. The van der Waals surface area contributed by atoms with Crippen LogP contribution < -0.4 is 0 Å². The van der Waals surface area contributed by atoms with Crippen LogP contribution in [0.25, 0.3) is 0 Å². The van der Waals surface area contributed by atoms with E-state index in [1.165, 1.54) is 11.0 Å². The van der Waals surface area contributed by atoms with Gasteiger partial charge < -0.3 is 10.2 Å². The van der Waals surface area contributed by atoms with Gasteiger partial charge in [-0.3, -0.25) is 9.69 Å². The summed E-state index contributed by atoms with van der Waals surface area (Å²) in [6, 6.07) is 4.65. The molecule has 0 aromatic heterocycles. The number of nitrogens with zero attached hydrogens (tertiary/aromatic N) is 1. The molecule has 0 radical (unpaired) electrons. The molecular formula is C13H13BrF3NO3. The summed E-state index contributed by atoms with van der Waals surface area (Å²) in [5, 5.41) is 18.7. The predicted octanol–water partition coefficient (Wildman–Crippen LogP) is 2.99. The topological polar surface area (TPSA) is 60.8 Å². The lowest BCUT2D eigenvalue weighted by atomic mass is 9.86. The molecule has 1 saturated heterocycles. The number of likely N-dealkylation sites (tertiary alicyclic amines) is 1. The van der Waals surface area contributed by atoms with E-state index >= 15 is 0 Å². The minimum absolute atomic E-state index is 0.0117. The van der Waals surface area contributed by atoms with Crippen molar-refractivity contribution in [3.8, 4) is 5.75 Å². The van der Waals surface area contributed by atoms with Gasteiger partial charge in [0.2, 0.25) is 0 Å². The van der Waals surface area contributed by atoms with Crippen molar-refractivity contribution in [1.29, 1.82) is 0 Å². The molecular weight excluding hydrogens is 355 g/mol. The third kappa shape index (κ3) is 3.01. The number of phenolic OH excluding ortho intramolecular Hbond substituents is 1. The molecule has 21 heavy (non-hydrogen) atoms. The van der Waals surface area contributed by atoms with Gasteiger partial charge in [-0.1, -0.05) is 15.9 Å². The molecule has 1 fully saturated rings. The second-order valence-corrected chi connectivity index (χ2v) is 6.03. The SMILES string of the molecule is O=C(O)C1(C(F)(F)F)CCN(Cc2cc(Br)ccc2O)C1. The van der Waals surface area contributed by atoms with E-state index in [1.54, 1.807) is 12.1 Å². The van der Waals surface area contributed by atoms with E-state index < -0.39 is 30.5 Å². The number of hydrogen-bond donors (Lipinski definition) is 2. The molecule has 116 valence electrons. The van der Waals surface area contributed by atoms with Gasteiger partial charge in [-0.05, 0) is 24.6 Å². The first kappa shape index (κ1) is 16.1. The molecule has 1 aliphatic heterocycles. The Morgan fingerprint density at radius 2 is 2.10 bits per heavy atom. The van der Waals surface area contributed by atoms with Crippen LogP contribution in [0, 0.1) is 5.41 Å². The van der Waals surface area contributed by atoms with Crippen LogP contribution in [0.15, 0.2) is 22.7 Å². The largest absolute Gasteiger partial charge is 0.508 e. The number of aromatic hydroxyl groups is 1. The molecule has 1 aliphatic rings. The van der Waals surface area contributed by atoms with Gasteiger partial charge in [-0.2, -0.15) is 13.2 Å². The fourth-order valence-electron chi connectivity index (χ4n) is 2.47. The Labute approximate surface area is 127 Å². The maximum absolute atomic E-state index is 13.1. The maximum atomic E-state index is 13.1. The summed E-state index contributed by atoms with van der Waals surface area (Å²) in [6.07, 6.45) is -5.28. The van der Waals surface area contributed by atoms with Crippen LogP contribution in [0.1, 0.15) is 12.0 Å². The van der Waals surface area contributed by atoms with Crippen LogP contribution >= 0.6 is 15.9 Å². The van der Waals surface area contributed by atoms with Gasteiger partial charge in [0.15, 0.2) is 5.41 Å². The van der Waals surface area contributed by atoms with Crippen LogP contribution in [0.4, 0.5) is 13.2 Å². The number of halogens is 4. The number of carboxylic acid groups (broad SMARTS) is 1. The molecule has 0 spiro atoms. The standard InChI is InChI=1S/C13H13BrF3NO3/c14-9-1-2-10(19)8(5-9)6-18-4-3-12(7-18,11(20)21)13(15,16)17/h1-2,5,19H,3-4,6-7H2,(H,20,21). The summed E-state index contributed by atoms with van der Waals surface area (Å²) in [7, 11) is 0. The minimum Gasteiger partial charge on any atom is -0.508 e.